The van der Waals surface area contributed by atoms with Gasteiger partial charge in [0.05, 0.1) is 0 Å². The van der Waals surface area contributed by atoms with Crippen LogP contribution in [0.15, 0.2) is 0 Å². The molecule has 0 aromatic heterocycles. The molecule has 1 N–H and O–H groups in total. The largest absolute Gasteiger partial charge is 0.328 e. The number of rotatable bonds is 2. The third-order valence-electron chi connectivity index (χ3n) is 0.408. The van der Waals surface area contributed by atoms with E-state index in [1.54, 1.807) is 0 Å². The quantitative estimate of drug-likeness (QED) is 0.448. The van der Waals surface area contributed by atoms with Crippen LogP contribution in [-0.4, -0.2) is 20.8 Å². The van der Waals surface area contributed by atoms with E-state index in [1.807, 2.05) is 13.9 Å². The van der Waals surface area contributed by atoms with E-state index in [4.69, 9.17) is 0 Å². The van der Waals surface area contributed by atoms with Gasteiger partial charge in [0.25, 0.3) is 0 Å². The zero-order chi connectivity index (χ0) is 4.12. The van der Waals surface area contributed by atoms with Crippen LogP contribution in [0.25, 0.3) is 0 Å². The lowest BCUT2D eigenvalue weighted by Gasteiger charge is -1.82. The van der Waals surface area contributed by atoms with Gasteiger partial charge in [-0.25, -0.2) is 0 Å². The molecule has 0 saturated carbocycles. The van der Waals surface area contributed by atoms with E-state index >= 15 is 0 Å². The molecule has 0 aliphatic carbocycles. The van der Waals surface area contributed by atoms with Crippen molar-refractivity contribution in [1.82, 2.24) is 5.32 Å². The average Bonchev–Trinajstić information content (AvgIpc) is 1.41. The minimum Gasteiger partial charge on any atom is -0.328 e. The van der Waals surface area contributed by atoms with Crippen LogP contribution in [0, 0.1) is 0 Å². The van der Waals surface area contributed by atoms with Crippen molar-refractivity contribution in [1.29, 1.82) is 0 Å². The zero-order valence-electron chi connectivity index (χ0n) is 3.78. The van der Waals surface area contributed by atoms with Crippen molar-refractivity contribution in [2.45, 2.75) is 6.82 Å². The van der Waals surface area contributed by atoms with Crippen LogP contribution in [-0.2, 0) is 0 Å². The molecular formula is C3H9BN. The Morgan fingerprint density at radius 2 is 2.40 bits per heavy atom. The fraction of sp³-hybridized carbons (Fsp3) is 1.00. The second-order valence-electron chi connectivity index (χ2n) is 0.966. The summed E-state index contributed by atoms with van der Waals surface area (Å²) in [5.41, 5.74) is 0. The number of nitrogens with one attached hydrogen (secondary N) is 1. The van der Waals surface area contributed by atoms with E-state index in [2.05, 4.69) is 12.6 Å². The van der Waals surface area contributed by atoms with Gasteiger partial charge in [0.1, 0.15) is 7.28 Å². The van der Waals surface area contributed by atoms with Crippen LogP contribution >= 0.6 is 0 Å². The summed E-state index contributed by atoms with van der Waals surface area (Å²) in [6.07, 6.45) is 1.01. The topological polar surface area (TPSA) is 12.0 Å². The van der Waals surface area contributed by atoms with Gasteiger partial charge in [0, 0.05) is 0 Å². The molecule has 0 amide bonds. The van der Waals surface area contributed by atoms with Crippen LogP contribution < -0.4 is 5.32 Å². The van der Waals surface area contributed by atoms with Gasteiger partial charge in [-0.2, -0.15) is 0 Å². The Kier molecular flexibility index (Phi) is 4.05. The molecule has 2 heteroatoms. The highest BCUT2D eigenvalue weighted by atomic mass is 14.8. The summed E-state index contributed by atoms with van der Waals surface area (Å²) < 4.78 is 0. The first-order valence-electron chi connectivity index (χ1n) is 1.84. The smallest absolute Gasteiger partial charge is 0.124 e. The maximum Gasteiger partial charge on any atom is 0.124 e. The van der Waals surface area contributed by atoms with Gasteiger partial charge < -0.3 is 5.32 Å². The number of hydrogen-bond donors (Lipinski definition) is 1. The molecule has 0 aliphatic rings. The van der Waals surface area contributed by atoms with Crippen LogP contribution in [0.5, 0.6) is 0 Å². The van der Waals surface area contributed by atoms with Crippen molar-refractivity contribution in [2.75, 3.05) is 13.5 Å². The molecule has 0 aromatic carbocycles. The zero-order valence-corrected chi connectivity index (χ0v) is 3.78. The van der Waals surface area contributed by atoms with Gasteiger partial charge in [-0.1, -0.05) is 6.82 Å². The van der Waals surface area contributed by atoms with Crippen LogP contribution in [0.1, 0.15) is 0 Å². The lowest BCUT2D eigenvalue weighted by Crippen LogP contribution is -2.11. The summed E-state index contributed by atoms with van der Waals surface area (Å²) in [7, 11) is 4.00. The first kappa shape index (κ1) is 5.02. The van der Waals surface area contributed by atoms with E-state index in [-0.39, 0.29) is 0 Å². The summed E-state index contributed by atoms with van der Waals surface area (Å²) in [5, 5.41) is 2.96. The van der Waals surface area contributed by atoms with Gasteiger partial charge in [-0.15, -0.1) is 0 Å². The van der Waals surface area contributed by atoms with Crippen LogP contribution in [0.4, 0.5) is 0 Å². The van der Waals surface area contributed by atoms with Crippen LogP contribution in [0.3, 0.4) is 0 Å². The Morgan fingerprint density at radius 3 is 2.40 bits per heavy atom. The van der Waals surface area contributed by atoms with Gasteiger partial charge in [-0.3, -0.25) is 0 Å². The van der Waals surface area contributed by atoms with Crippen molar-refractivity contribution >= 4 is 7.28 Å². The molecule has 0 fully saturated rings. The maximum absolute atomic E-state index is 2.96. The average molecular weight is 69.9 g/mol. The molecule has 0 saturated heterocycles. The normalized spacial score (nSPS) is 7.60. The van der Waals surface area contributed by atoms with Crippen molar-refractivity contribution in [2.24, 2.45) is 0 Å². The van der Waals surface area contributed by atoms with Gasteiger partial charge in [-0.05, 0) is 13.5 Å². The van der Waals surface area contributed by atoms with Crippen molar-refractivity contribution < 1.29 is 0 Å². The summed E-state index contributed by atoms with van der Waals surface area (Å²) in [4.78, 5) is 0. The van der Waals surface area contributed by atoms with Crippen molar-refractivity contribution in [3.8, 4) is 0 Å². The first-order valence-corrected chi connectivity index (χ1v) is 1.84. The molecule has 0 unspecified atom stereocenters. The molecule has 0 spiro atoms. The Labute approximate surface area is 34.0 Å². The molecule has 5 heavy (non-hydrogen) atoms. The SMILES string of the molecule is C[B]CNC. The molecule has 0 bridgehead atoms. The molecule has 0 rings (SSSR count). The summed E-state index contributed by atoms with van der Waals surface area (Å²) in [6, 6.07) is 0. The van der Waals surface area contributed by atoms with E-state index in [0.29, 0.717) is 0 Å². The lowest BCUT2D eigenvalue weighted by atomic mass is 9.83. The predicted molar refractivity (Wildman–Crippen MR) is 25.5 cm³/mol. The summed E-state index contributed by atoms with van der Waals surface area (Å²) >= 11 is 0. The van der Waals surface area contributed by atoms with Gasteiger partial charge in [0.2, 0.25) is 0 Å². The fourth-order valence-corrected chi connectivity index (χ4v) is 0.204. The monoisotopic (exact) mass is 70.1 g/mol. The summed E-state index contributed by atoms with van der Waals surface area (Å²) in [5.74, 6) is 0. The predicted octanol–water partition coefficient (Wildman–Crippen LogP) is -0.0844. The Morgan fingerprint density at radius 1 is 1.80 bits per heavy atom. The maximum atomic E-state index is 2.96. The van der Waals surface area contributed by atoms with Crippen molar-refractivity contribution in [3.05, 3.63) is 0 Å². The molecule has 0 heterocycles. The lowest BCUT2D eigenvalue weighted by molar-refractivity contribution is 0.968. The Hall–Kier alpha value is 0.0249. The van der Waals surface area contributed by atoms with E-state index in [0.717, 1.165) is 6.44 Å². The minimum atomic E-state index is 1.01. The molecule has 0 aliphatic heterocycles. The standard InChI is InChI=1S/C3H9BN/c1-4-3-5-2/h5H,3H2,1-2H3. The molecule has 1 nitrogen and oxygen atoms in total. The van der Waals surface area contributed by atoms with E-state index in [9.17, 15) is 0 Å². The Bertz CT molecular complexity index is 14.4. The van der Waals surface area contributed by atoms with Gasteiger partial charge >= 0.3 is 0 Å². The second kappa shape index (κ2) is 4.02. The third-order valence-corrected chi connectivity index (χ3v) is 0.408. The van der Waals surface area contributed by atoms with E-state index in [1.165, 1.54) is 0 Å². The highest BCUT2D eigenvalue weighted by Gasteiger charge is 1.68. The third kappa shape index (κ3) is 4.02. The van der Waals surface area contributed by atoms with Crippen LogP contribution in [0.2, 0.25) is 6.82 Å². The highest BCUT2D eigenvalue weighted by Crippen LogP contribution is 1.44. The molecule has 1 radical (unpaired) electrons. The molecule has 0 atom stereocenters. The summed E-state index contributed by atoms with van der Waals surface area (Å²) in [6.45, 7) is 2.02. The second-order valence-corrected chi connectivity index (χ2v) is 0.966. The molecule has 29 valence electrons. The first-order chi connectivity index (χ1) is 2.41. The minimum absolute atomic E-state index is 1.01. The molecular weight excluding hydrogens is 60.9 g/mol. The van der Waals surface area contributed by atoms with E-state index < -0.39 is 0 Å². The number of hydrogen-bond acceptors (Lipinski definition) is 1. The molecule has 0 aromatic rings. The van der Waals surface area contributed by atoms with Crippen molar-refractivity contribution in [3.63, 3.8) is 0 Å². The van der Waals surface area contributed by atoms with Gasteiger partial charge in [0.15, 0.2) is 0 Å². The highest BCUT2D eigenvalue weighted by molar-refractivity contribution is 6.33. The fourth-order valence-electron chi connectivity index (χ4n) is 0.204. The Balaban J connectivity index is 2.19.